The fourth-order valence-electron chi connectivity index (χ4n) is 0.0273. The Morgan fingerprint density at radius 2 is 2.60 bits per heavy atom. The van der Waals surface area contributed by atoms with E-state index in [0.29, 0.717) is 0 Å². The molecule has 0 aromatic rings. The molecule has 0 aromatic carbocycles. The maximum Gasteiger partial charge on any atom is 0.250 e. The molecule has 0 unspecified atom stereocenters. The Balaban J connectivity index is 2.19. The monoisotopic (exact) mass is 105 g/mol. The normalized spacial score (nSPS) is 8.40. The quantitative estimate of drug-likeness (QED) is 0.435. The van der Waals surface area contributed by atoms with Crippen molar-refractivity contribution in [3.63, 3.8) is 0 Å². The summed E-state index contributed by atoms with van der Waals surface area (Å²) in [4.78, 5) is 0. The number of hydrogen-bond donors (Lipinski definition) is 0. The molecular weight excluding hydrogens is 103 g/mol. The Kier molecular flexibility index (Phi) is 4.60. The Labute approximate surface area is 36.0 Å². The van der Waals surface area contributed by atoms with Crippen LogP contribution in [0.25, 0.3) is 0 Å². The third kappa shape index (κ3) is 4.32. The first-order valence-corrected chi connectivity index (χ1v) is 2.55. The van der Waals surface area contributed by atoms with Gasteiger partial charge in [-0.2, -0.15) is 0 Å². The first-order chi connectivity index (χ1) is 2.41. The fraction of sp³-hybridized carbons (Fsp3) is 1.00. The van der Waals surface area contributed by atoms with Crippen LogP contribution in [0.4, 0.5) is 4.39 Å². The summed E-state index contributed by atoms with van der Waals surface area (Å²) in [5, 5.41) is 0. The lowest BCUT2D eigenvalue weighted by Crippen LogP contribution is -1.95. The first kappa shape index (κ1) is 5.32. The second kappa shape index (κ2) is 4.32. The van der Waals surface area contributed by atoms with Gasteiger partial charge in [0.05, 0.1) is 0 Å². The molecule has 0 rings (SSSR count). The van der Waals surface area contributed by atoms with Crippen molar-refractivity contribution in [2.45, 2.75) is 0 Å². The Morgan fingerprint density at radius 1 is 2.00 bits per heavy atom. The van der Waals surface area contributed by atoms with Crippen molar-refractivity contribution in [1.82, 2.24) is 0 Å². The van der Waals surface area contributed by atoms with E-state index >= 15 is 0 Å². The molecule has 0 aliphatic carbocycles. The van der Waals surface area contributed by atoms with Gasteiger partial charge >= 0.3 is 0 Å². The number of halogens is 1. The summed E-state index contributed by atoms with van der Waals surface area (Å²) >= 11 is 0. The molecule has 0 N–H and O–H groups in total. The molecule has 0 heterocycles. The van der Waals surface area contributed by atoms with Crippen molar-refractivity contribution >= 4 is 20.2 Å². The van der Waals surface area contributed by atoms with E-state index in [1.54, 1.807) is 0 Å². The Bertz CT molecular complexity index is 17.1. The molecule has 1 nitrogen and oxygen atoms in total. The maximum atomic E-state index is 10.8. The zero-order chi connectivity index (χ0) is 4.12. The van der Waals surface area contributed by atoms with Gasteiger partial charge in [0.2, 0.25) is 20.2 Å². The van der Waals surface area contributed by atoms with Gasteiger partial charge in [0.1, 0.15) is 6.30 Å². The zero-order valence-electron chi connectivity index (χ0n) is 2.49. The van der Waals surface area contributed by atoms with Gasteiger partial charge in [-0.05, 0) is 0 Å². The van der Waals surface area contributed by atoms with Crippen LogP contribution in [0.1, 0.15) is 0 Å². The first-order valence-electron chi connectivity index (χ1n) is 1.03. The maximum absolute atomic E-state index is 10.8. The van der Waals surface area contributed by atoms with Crippen molar-refractivity contribution in [2.75, 3.05) is 6.30 Å². The summed E-state index contributed by atoms with van der Waals surface area (Å²) in [5.41, 5.74) is 0. The topological polar surface area (TPSA) is 9.23 Å². The average molecular weight is 105 g/mol. The van der Waals surface area contributed by atoms with Crippen molar-refractivity contribution in [3.05, 3.63) is 0 Å². The van der Waals surface area contributed by atoms with Crippen LogP contribution in [0.5, 0.6) is 0 Å². The Hall–Kier alpha value is 0.324. The lowest BCUT2D eigenvalue weighted by molar-refractivity contribution is 0.546. The van der Waals surface area contributed by atoms with Crippen LogP contribution in [0.15, 0.2) is 0 Å². The molecule has 0 aromatic heterocycles. The highest BCUT2D eigenvalue weighted by molar-refractivity contribution is 6.33. The van der Waals surface area contributed by atoms with Crippen LogP contribution in [0.2, 0.25) is 0 Å². The van der Waals surface area contributed by atoms with Crippen molar-refractivity contribution in [2.24, 2.45) is 0 Å². The third-order valence-electron chi connectivity index (χ3n) is 0.127. The Morgan fingerprint density at radius 3 is 2.60 bits per heavy atom. The van der Waals surface area contributed by atoms with Gasteiger partial charge in [-0.15, -0.1) is 0 Å². The summed E-state index contributed by atoms with van der Waals surface area (Å²) in [7, 11) is 2.57. The van der Waals surface area contributed by atoms with Gasteiger partial charge in [-0.1, -0.05) is 0 Å². The van der Waals surface area contributed by atoms with Gasteiger partial charge in [-0.25, -0.2) is 0 Å². The molecule has 0 saturated heterocycles. The standard InChI is InChI=1S/CH2FOSi2/c2-1-5-3-4/h1H2. The van der Waals surface area contributed by atoms with E-state index in [2.05, 4.69) is 14.6 Å². The number of rotatable bonds is 2. The van der Waals surface area contributed by atoms with Gasteiger partial charge in [-0.3, -0.25) is 4.39 Å². The highest BCUT2D eigenvalue weighted by atomic mass is 28.3. The predicted octanol–water partition coefficient (Wildman–Crippen LogP) is -0.367. The smallest absolute Gasteiger partial charge is 0.250 e. The highest BCUT2D eigenvalue weighted by Crippen LogP contribution is 1.58. The lowest BCUT2D eigenvalue weighted by Gasteiger charge is -1.78. The molecule has 0 amide bonds. The molecule has 5 radical (unpaired) electrons. The molecule has 0 saturated carbocycles. The fourth-order valence-corrected chi connectivity index (χ4v) is 0.245. The highest BCUT2D eigenvalue weighted by Gasteiger charge is 1.76. The molecule has 0 atom stereocenters. The summed E-state index contributed by atoms with van der Waals surface area (Å²) in [6.45, 7) is 0. The molecule has 5 heavy (non-hydrogen) atoms. The van der Waals surface area contributed by atoms with Crippen molar-refractivity contribution < 1.29 is 8.51 Å². The van der Waals surface area contributed by atoms with E-state index < -0.39 is 6.30 Å². The second-order valence-electron chi connectivity index (χ2n) is 0.380. The van der Waals surface area contributed by atoms with E-state index in [1.807, 2.05) is 0 Å². The van der Waals surface area contributed by atoms with Gasteiger partial charge in [0.25, 0.3) is 0 Å². The molecule has 0 fully saturated rings. The minimum Gasteiger partial charge on any atom is -0.456 e. The van der Waals surface area contributed by atoms with E-state index in [0.717, 1.165) is 0 Å². The molecule has 0 bridgehead atoms. The van der Waals surface area contributed by atoms with Crippen LogP contribution in [-0.2, 0) is 4.12 Å². The van der Waals surface area contributed by atoms with E-state index in [9.17, 15) is 4.39 Å². The number of hydrogen-bond acceptors (Lipinski definition) is 1. The van der Waals surface area contributed by atoms with Gasteiger partial charge in [0, 0.05) is 0 Å². The molecule has 27 valence electrons. The molecule has 0 aliphatic heterocycles. The molecule has 0 spiro atoms. The van der Waals surface area contributed by atoms with Crippen LogP contribution in [0.3, 0.4) is 0 Å². The van der Waals surface area contributed by atoms with Crippen LogP contribution in [0, 0.1) is 0 Å². The zero-order valence-corrected chi connectivity index (χ0v) is 4.49. The molecule has 0 aliphatic rings. The van der Waals surface area contributed by atoms with Crippen LogP contribution >= 0.6 is 0 Å². The van der Waals surface area contributed by atoms with Crippen molar-refractivity contribution in [3.8, 4) is 0 Å². The van der Waals surface area contributed by atoms with E-state index in [4.69, 9.17) is 0 Å². The molecular formula is CH2FOSi2. The van der Waals surface area contributed by atoms with Crippen LogP contribution in [-0.4, -0.2) is 26.5 Å². The summed E-state index contributed by atoms with van der Waals surface area (Å²) in [6.07, 6.45) is -0.399. The minimum atomic E-state index is -0.399. The third-order valence-corrected chi connectivity index (χ3v) is 0.813. The SMILES string of the molecule is FC[Si]O[Si]. The summed E-state index contributed by atoms with van der Waals surface area (Å²) in [6, 6.07) is 0. The average Bonchev–Trinajstić information content (AvgIpc) is 1.41. The van der Waals surface area contributed by atoms with E-state index in [1.165, 1.54) is 0 Å². The van der Waals surface area contributed by atoms with Crippen LogP contribution < -0.4 is 0 Å². The summed E-state index contributed by atoms with van der Waals surface area (Å²) in [5.74, 6) is 0. The molecule has 4 heteroatoms. The lowest BCUT2D eigenvalue weighted by atomic mass is 11.8. The van der Waals surface area contributed by atoms with Gasteiger partial charge in [0.15, 0.2) is 0 Å². The van der Waals surface area contributed by atoms with Gasteiger partial charge < -0.3 is 4.12 Å². The van der Waals surface area contributed by atoms with Crippen molar-refractivity contribution in [1.29, 1.82) is 0 Å². The van der Waals surface area contributed by atoms with E-state index in [-0.39, 0.29) is 9.76 Å². The second-order valence-corrected chi connectivity index (χ2v) is 1.75. The minimum absolute atomic E-state index is 0.0556. The predicted molar refractivity (Wildman–Crippen MR) is 18.6 cm³/mol. The number of alkyl halides is 1. The largest absolute Gasteiger partial charge is 0.456 e. The summed E-state index contributed by atoms with van der Waals surface area (Å²) < 4.78 is 15.0.